The van der Waals surface area contributed by atoms with Gasteiger partial charge in [-0.25, -0.2) is 4.79 Å². The van der Waals surface area contributed by atoms with Gasteiger partial charge in [-0.05, 0) is 47.4 Å². The van der Waals surface area contributed by atoms with Gasteiger partial charge in [0, 0.05) is 25.9 Å². The van der Waals surface area contributed by atoms with Crippen molar-refractivity contribution in [2.24, 2.45) is 5.92 Å². The smallest absolute Gasteiger partial charge is 0.407 e. The summed E-state index contributed by atoms with van der Waals surface area (Å²) in [4.78, 5) is 38.0. The molecule has 0 radical (unpaired) electrons. The Hall–Kier alpha value is -3.39. The molecule has 3 N–H and O–H groups in total. The number of carboxylic acids is 1. The first-order chi connectivity index (χ1) is 16.3. The molecule has 2 unspecified atom stereocenters. The maximum atomic E-state index is 12.9. The molecule has 2 aromatic rings. The third-order valence-corrected chi connectivity index (χ3v) is 6.58. The molecule has 0 spiro atoms. The van der Waals surface area contributed by atoms with Crippen molar-refractivity contribution in [3.05, 3.63) is 59.7 Å². The SMILES string of the molecule is CN(CC(O)C1CC1)C(=O)C(CCC(=O)O)NC(=O)OCC1c2ccccc2-c2ccccc21. The molecule has 0 bridgehead atoms. The Morgan fingerprint density at radius 3 is 2.21 bits per heavy atom. The number of fused-ring (bicyclic) bond motifs is 3. The Balaban J connectivity index is 1.39. The summed E-state index contributed by atoms with van der Waals surface area (Å²) in [5.74, 6) is -1.44. The molecule has 8 nitrogen and oxygen atoms in total. The van der Waals surface area contributed by atoms with Gasteiger partial charge in [0.05, 0.1) is 6.10 Å². The first-order valence-corrected chi connectivity index (χ1v) is 11.6. The lowest BCUT2D eigenvalue weighted by Gasteiger charge is -2.26. The van der Waals surface area contributed by atoms with E-state index >= 15 is 0 Å². The van der Waals surface area contributed by atoms with Crippen LogP contribution in [0.15, 0.2) is 48.5 Å². The minimum atomic E-state index is -1.06. The molecule has 0 saturated heterocycles. The molecule has 180 valence electrons. The first-order valence-electron chi connectivity index (χ1n) is 11.6. The van der Waals surface area contributed by atoms with Gasteiger partial charge in [-0.3, -0.25) is 9.59 Å². The van der Waals surface area contributed by atoms with Crippen LogP contribution in [0.1, 0.15) is 42.7 Å². The number of carbonyl (C=O) groups is 3. The molecule has 8 heteroatoms. The number of amides is 2. The van der Waals surface area contributed by atoms with Gasteiger partial charge in [0.1, 0.15) is 12.6 Å². The summed E-state index contributed by atoms with van der Waals surface area (Å²) in [5, 5.41) is 21.8. The second kappa shape index (κ2) is 10.3. The van der Waals surface area contributed by atoms with E-state index in [1.807, 2.05) is 48.5 Å². The quantitative estimate of drug-likeness (QED) is 0.496. The molecule has 2 aliphatic carbocycles. The van der Waals surface area contributed by atoms with Crippen molar-refractivity contribution in [2.45, 2.75) is 43.7 Å². The van der Waals surface area contributed by atoms with Crippen LogP contribution in [-0.4, -0.2) is 65.4 Å². The number of hydrogen-bond donors (Lipinski definition) is 3. The second-order valence-electron chi connectivity index (χ2n) is 9.08. The monoisotopic (exact) mass is 466 g/mol. The Kier molecular flexibility index (Phi) is 7.17. The predicted octanol–water partition coefficient (Wildman–Crippen LogP) is 2.99. The first kappa shape index (κ1) is 23.8. The van der Waals surface area contributed by atoms with E-state index < -0.39 is 30.1 Å². The minimum Gasteiger partial charge on any atom is -0.481 e. The normalized spacial score (nSPS) is 16.2. The number of benzene rings is 2. The zero-order valence-corrected chi connectivity index (χ0v) is 19.1. The average molecular weight is 467 g/mol. The van der Waals surface area contributed by atoms with Crippen molar-refractivity contribution in [2.75, 3.05) is 20.2 Å². The number of aliphatic carboxylic acids is 1. The van der Waals surface area contributed by atoms with Crippen LogP contribution < -0.4 is 5.32 Å². The van der Waals surface area contributed by atoms with Gasteiger partial charge >= 0.3 is 12.1 Å². The van der Waals surface area contributed by atoms with Gasteiger partial charge in [0.15, 0.2) is 0 Å². The third kappa shape index (κ3) is 5.39. The van der Waals surface area contributed by atoms with E-state index in [4.69, 9.17) is 9.84 Å². The molecule has 2 atom stereocenters. The van der Waals surface area contributed by atoms with Gasteiger partial charge in [-0.15, -0.1) is 0 Å². The number of aliphatic hydroxyl groups is 1. The van der Waals surface area contributed by atoms with Crippen LogP contribution in [0.2, 0.25) is 0 Å². The molecule has 34 heavy (non-hydrogen) atoms. The molecule has 0 heterocycles. The lowest BCUT2D eigenvalue weighted by Crippen LogP contribution is -2.49. The van der Waals surface area contributed by atoms with Crippen molar-refractivity contribution in [3.8, 4) is 11.1 Å². The Morgan fingerprint density at radius 1 is 1.06 bits per heavy atom. The highest BCUT2D eigenvalue weighted by atomic mass is 16.5. The summed E-state index contributed by atoms with van der Waals surface area (Å²) in [5.41, 5.74) is 4.36. The maximum Gasteiger partial charge on any atom is 0.407 e. The van der Waals surface area contributed by atoms with Gasteiger partial charge < -0.3 is 25.2 Å². The summed E-state index contributed by atoms with van der Waals surface area (Å²) in [6.45, 7) is 0.232. The van der Waals surface area contributed by atoms with Crippen LogP contribution >= 0.6 is 0 Å². The number of aliphatic hydroxyl groups excluding tert-OH is 1. The number of nitrogens with one attached hydrogen (secondary N) is 1. The van der Waals surface area contributed by atoms with E-state index in [1.165, 1.54) is 4.90 Å². The largest absolute Gasteiger partial charge is 0.481 e. The molecule has 1 fully saturated rings. The molecular formula is C26H30N2O6. The van der Waals surface area contributed by atoms with Crippen LogP contribution in [-0.2, 0) is 14.3 Å². The molecular weight excluding hydrogens is 436 g/mol. The van der Waals surface area contributed by atoms with Gasteiger partial charge in [-0.1, -0.05) is 48.5 Å². The Morgan fingerprint density at radius 2 is 1.65 bits per heavy atom. The molecule has 2 amide bonds. The molecule has 2 aromatic carbocycles. The highest BCUT2D eigenvalue weighted by molar-refractivity contribution is 5.86. The fraction of sp³-hybridized carbons (Fsp3) is 0.423. The van der Waals surface area contributed by atoms with E-state index in [0.717, 1.165) is 35.1 Å². The zero-order chi connectivity index (χ0) is 24.2. The fourth-order valence-electron chi connectivity index (χ4n) is 4.57. The average Bonchev–Trinajstić information content (AvgIpc) is 3.63. The van der Waals surface area contributed by atoms with Crippen LogP contribution in [0.5, 0.6) is 0 Å². The van der Waals surface area contributed by atoms with Crippen molar-refractivity contribution in [3.63, 3.8) is 0 Å². The number of carbonyl (C=O) groups excluding carboxylic acids is 2. The Bertz CT molecular complexity index is 1020. The summed E-state index contributed by atoms with van der Waals surface area (Å²) >= 11 is 0. The number of hydrogen-bond acceptors (Lipinski definition) is 5. The maximum absolute atomic E-state index is 12.9. The number of nitrogens with zero attached hydrogens (tertiary/aromatic N) is 1. The number of carboxylic acid groups (broad SMARTS) is 1. The molecule has 0 aliphatic heterocycles. The summed E-state index contributed by atoms with van der Waals surface area (Å²) < 4.78 is 5.52. The van der Waals surface area contributed by atoms with Crippen LogP contribution in [0.25, 0.3) is 11.1 Å². The molecule has 2 aliphatic rings. The second-order valence-corrected chi connectivity index (χ2v) is 9.08. The third-order valence-electron chi connectivity index (χ3n) is 6.58. The highest BCUT2D eigenvalue weighted by Gasteiger charge is 2.34. The topological polar surface area (TPSA) is 116 Å². The summed E-state index contributed by atoms with van der Waals surface area (Å²) in [7, 11) is 1.54. The fourth-order valence-corrected chi connectivity index (χ4v) is 4.57. The minimum absolute atomic E-state index is 0.0672. The van der Waals surface area contributed by atoms with Crippen LogP contribution in [0, 0.1) is 5.92 Å². The van der Waals surface area contributed by atoms with Crippen molar-refractivity contribution in [1.82, 2.24) is 10.2 Å². The van der Waals surface area contributed by atoms with E-state index in [-0.39, 0.29) is 37.8 Å². The van der Waals surface area contributed by atoms with Crippen molar-refractivity contribution in [1.29, 1.82) is 0 Å². The molecule has 1 saturated carbocycles. The standard InChI is InChI=1S/C26H30N2O6/c1-28(14-23(29)16-10-11-16)25(32)22(12-13-24(30)31)27-26(33)34-15-21-19-8-4-2-6-17(19)18-7-3-5-9-20(18)21/h2-9,16,21-23,29H,10-15H2,1H3,(H,27,33)(H,30,31). The van der Waals surface area contributed by atoms with E-state index in [2.05, 4.69) is 5.32 Å². The lowest BCUT2D eigenvalue weighted by atomic mass is 9.98. The number of ether oxygens (including phenoxy) is 1. The van der Waals surface area contributed by atoms with Gasteiger partial charge in [0.2, 0.25) is 5.91 Å². The number of rotatable bonds is 10. The van der Waals surface area contributed by atoms with Gasteiger partial charge in [-0.2, -0.15) is 0 Å². The molecule has 0 aromatic heterocycles. The van der Waals surface area contributed by atoms with E-state index in [9.17, 15) is 19.5 Å². The Labute approximate surface area is 198 Å². The van der Waals surface area contributed by atoms with Crippen LogP contribution in [0.4, 0.5) is 4.79 Å². The van der Waals surface area contributed by atoms with Gasteiger partial charge in [0.25, 0.3) is 0 Å². The summed E-state index contributed by atoms with van der Waals surface area (Å²) in [6, 6.07) is 14.9. The van der Waals surface area contributed by atoms with Crippen LogP contribution in [0.3, 0.4) is 0 Å². The number of likely N-dealkylation sites (N-methyl/N-ethyl adjacent to an activating group) is 1. The zero-order valence-electron chi connectivity index (χ0n) is 19.1. The number of alkyl carbamates (subject to hydrolysis) is 1. The lowest BCUT2D eigenvalue weighted by molar-refractivity contribution is -0.138. The van der Waals surface area contributed by atoms with E-state index in [0.29, 0.717) is 0 Å². The highest BCUT2D eigenvalue weighted by Crippen LogP contribution is 2.44. The van der Waals surface area contributed by atoms with E-state index in [1.54, 1.807) is 7.05 Å². The van der Waals surface area contributed by atoms with Crippen molar-refractivity contribution < 1.29 is 29.3 Å². The predicted molar refractivity (Wildman–Crippen MR) is 125 cm³/mol. The summed E-state index contributed by atoms with van der Waals surface area (Å²) in [6.07, 6.45) is 0.125. The van der Waals surface area contributed by atoms with Crippen molar-refractivity contribution >= 4 is 18.0 Å². The molecule has 4 rings (SSSR count).